The number of rotatable bonds is 8. The Morgan fingerprint density at radius 2 is 1.60 bits per heavy atom. The molecule has 0 fully saturated rings. The van der Waals surface area contributed by atoms with Gasteiger partial charge in [0.15, 0.2) is 6.10 Å². The minimum atomic E-state index is -0.684. The maximum atomic E-state index is 12.5. The van der Waals surface area contributed by atoms with Crippen molar-refractivity contribution in [3.63, 3.8) is 0 Å². The molecule has 1 N–H and O–H groups in total. The molecule has 25 heavy (non-hydrogen) atoms. The number of para-hydroxylation sites is 1. The molecule has 2 aromatic rings. The van der Waals surface area contributed by atoms with Crippen molar-refractivity contribution >= 4 is 11.9 Å². The normalized spacial score (nSPS) is 12.7. The van der Waals surface area contributed by atoms with Crippen molar-refractivity contribution in [2.75, 3.05) is 6.61 Å². The van der Waals surface area contributed by atoms with Gasteiger partial charge in [-0.15, -0.1) is 0 Å². The van der Waals surface area contributed by atoms with Gasteiger partial charge >= 0.3 is 5.97 Å². The second-order valence-electron chi connectivity index (χ2n) is 5.55. The molecule has 0 spiro atoms. The van der Waals surface area contributed by atoms with Crippen molar-refractivity contribution in [3.8, 4) is 5.75 Å². The number of hydrogen-bond acceptors (Lipinski definition) is 4. The molecule has 0 heterocycles. The number of ether oxygens (including phenoxy) is 2. The summed E-state index contributed by atoms with van der Waals surface area (Å²) in [6, 6.07) is 18.0. The van der Waals surface area contributed by atoms with Crippen molar-refractivity contribution in [3.05, 3.63) is 66.2 Å². The molecule has 0 saturated carbocycles. The highest BCUT2D eigenvalue weighted by atomic mass is 16.5. The van der Waals surface area contributed by atoms with E-state index in [0.29, 0.717) is 12.4 Å². The van der Waals surface area contributed by atoms with Gasteiger partial charge in [0, 0.05) is 0 Å². The molecule has 0 aliphatic rings. The number of carbonyl (C=O) groups is 2. The van der Waals surface area contributed by atoms with Crippen molar-refractivity contribution in [1.82, 2.24) is 5.32 Å². The van der Waals surface area contributed by atoms with E-state index < -0.39 is 12.1 Å². The van der Waals surface area contributed by atoms with Gasteiger partial charge in [0.25, 0.3) is 5.91 Å². The molecule has 0 aromatic heterocycles. The fourth-order valence-electron chi connectivity index (χ4n) is 2.37. The highest BCUT2D eigenvalue weighted by Gasteiger charge is 2.23. The standard InChI is InChI=1S/C20H23NO4/c1-3-24-19(22)14-18(16-10-6-4-7-11-16)21-20(23)15(2)25-17-12-8-5-9-13-17/h4-13,15,18H,3,14H2,1-2H3,(H,21,23)/t15-,18-/m1/s1. The lowest BCUT2D eigenvalue weighted by molar-refractivity contribution is -0.144. The molecule has 0 saturated heterocycles. The number of benzene rings is 2. The first-order valence-corrected chi connectivity index (χ1v) is 8.32. The van der Waals surface area contributed by atoms with E-state index >= 15 is 0 Å². The lowest BCUT2D eigenvalue weighted by Gasteiger charge is -2.21. The molecule has 0 aliphatic heterocycles. The molecular weight excluding hydrogens is 318 g/mol. The van der Waals surface area contributed by atoms with Crippen molar-refractivity contribution in [2.45, 2.75) is 32.4 Å². The molecule has 1 amide bonds. The topological polar surface area (TPSA) is 64.6 Å². The zero-order valence-corrected chi connectivity index (χ0v) is 14.5. The van der Waals surface area contributed by atoms with Crippen LogP contribution in [0.2, 0.25) is 0 Å². The molecule has 0 aliphatic carbocycles. The Balaban J connectivity index is 2.04. The van der Waals surface area contributed by atoms with Gasteiger partial charge < -0.3 is 14.8 Å². The van der Waals surface area contributed by atoms with Crippen LogP contribution in [-0.4, -0.2) is 24.6 Å². The molecule has 2 atom stereocenters. The molecule has 5 nitrogen and oxygen atoms in total. The summed E-state index contributed by atoms with van der Waals surface area (Å²) in [7, 11) is 0. The van der Waals surface area contributed by atoms with E-state index in [4.69, 9.17) is 9.47 Å². The number of esters is 1. The van der Waals surface area contributed by atoms with Crippen molar-refractivity contribution in [2.24, 2.45) is 0 Å². The number of amides is 1. The third-order valence-electron chi connectivity index (χ3n) is 3.62. The summed E-state index contributed by atoms with van der Waals surface area (Å²) >= 11 is 0. The molecule has 0 radical (unpaired) electrons. The maximum Gasteiger partial charge on any atom is 0.308 e. The molecular formula is C20H23NO4. The SMILES string of the molecule is CCOC(=O)C[C@@H](NC(=O)[C@@H](C)Oc1ccccc1)c1ccccc1. The van der Waals surface area contributed by atoms with E-state index in [2.05, 4.69) is 5.32 Å². The average Bonchev–Trinajstić information content (AvgIpc) is 2.63. The summed E-state index contributed by atoms with van der Waals surface area (Å²) in [4.78, 5) is 24.3. The molecule has 2 rings (SSSR count). The Labute approximate surface area is 148 Å². The van der Waals surface area contributed by atoms with Crippen LogP contribution in [0.3, 0.4) is 0 Å². The molecule has 2 aromatic carbocycles. The number of hydrogen-bond donors (Lipinski definition) is 1. The minimum Gasteiger partial charge on any atom is -0.481 e. The van der Waals surface area contributed by atoms with Gasteiger partial charge in [0.2, 0.25) is 0 Å². The van der Waals surface area contributed by atoms with Crippen molar-refractivity contribution < 1.29 is 19.1 Å². The molecule has 5 heteroatoms. The number of nitrogens with one attached hydrogen (secondary N) is 1. The third-order valence-corrected chi connectivity index (χ3v) is 3.62. The van der Waals surface area contributed by atoms with Crippen LogP contribution in [0.15, 0.2) is 60.7 Å². The second-order valence-corrected chi connectivity index (χ2v) is 5.55. The fourth-order valence-corrected chi connectivity index (χ4v) is 2.37. The Bertz CT molecular complexity index is 673. The minimum absolute atomic E-state index is 0.0711. The van der Waals surface area contributed by atoms with E-state index in [0.717, 1.165) is 5.56 Å². The van der Waals surface area contributed by atoms with Gasteiger partial charge in [0.1, 0.15) is 5.75 Å². The fraction of sp³-hybridized carbons (Fsp3) is 0.300. The van der Waals surface area contributed by atoms with Crippen molar-refractivity contribution in [1.29, 1.82) is 0 Å². The first-order valence-electron chi connectivity index (χ1n) is 8.32. The van der Waals surface area contributed by atoms with E-state index in [1.807, 2.05) is 48.5 Å². The lowest BCUT2D eigenvalue weighted by atomic mass is 10.0. The van der Waals surface area contributed by atoms with Crippen LogP contribution in [0.5, 0.6) is 5.75 Å². The van der Waals surface area contributed by atoms with Gasteiger partial charge in [-0.3, -0.25) is 9.59 Å². The molecule has 132 valence electrons. The van der Waals surface area contributed by atoms with Gasteiger partial charge in [-0.25, -0.2) is 0 Å². The zero-order valence-electron chi connectivity index (χ0n) is 14.5. The largest absolute Gasteiger partial charge is 0.481 e. The van der Waals surface area contributed by atoms with Gasteiger partial charge in [-0.1, -0.05) is 48.5 Å². The number of carbonyl (C=O) groups excluding carboxylic acids is 2. The first kappa shape index (κ1) is 18.5. The summed E-state index contributed by atoms with van der Waals surface area (Å²) in [5.41, 5.74) is 0.843. The predicted molar refractivity (Wildman–Crippen MR) is 95.1 cm³/mol. The Morgan fingerprint density at radius 1 is 1.00 bits per heavy atom. The highest BCUT2D eigenvalue weighted by molar-refractivity contribution is 5.82. The van der Waals surface area contributed by atoms with Crippen LogP contribution in [0.4, 0.5) is 0 Å². The van der Waals surface area contributed by atoms with Gasteiger partial charge in [-0.05, 0) is 31.5 Å². The van der Waals surface area contributed by atoms with Crippen LogP contribution in [-0.2, 0) is 14.3 Å². The van der Waals surface area contributed by atoms with Crippen LogP contribution in [0.25, 0.3) is 0 Å². The van der Waals surface area contributed by atoms with Crippen LogP contribution in [0, 0.1) is 0 Å². The Kier molecular flexibility index (Phi) is 7.01. The van der Waals surface area contributed by atoms with E-state index in [1.165, 1.54) is 0 Å². The quantitative estimate of drug-likeness (QED) is 0.749. The highest BCUT2D eigenvalue weighted by Crippen LogP contribution is 2.18. The summed E-state index contributed by atoms with van der Waals surface area (Å²) in [6.07, 6.45) is -0.613. The lowest BCUT2D eigenvalue weighted by Crippen LogP contribution is -2.39. The maximum absolute atomic E-state index is 12.5. The first-order chi connectivity index (χ1) is 12.1. The summed E-state index contributed by atoms with van der Waals surface area (Å²) in [6.45, 7) is 3.74. The smallest absolute Gasteiger partial charge is 0.308 e. The summed E-state index contributed by atoms with van der Waals surface area (Å²) in [5, 5.41) is 2.88. The summed E-state index contributed by atoms with van der Waals surface area (Å²) < 4.78 is 10.6. The Morgan fingerprint density at radius 3 is 2.20 bits per heavy atom. The average molecular weight is 341 g/mol. The van der Waals surface area contributed by atoms with Gasteiger partial charge in [0.05, 0.1) is 19.1 Å². The van der Waals surface area contributed by atoms with E-state index in [9.17, 15) is 9.59 Å². The van der Waals surface area contributed by atoms with Gasteiger partial charge in [-0.2, -0.15) is 0 Å². The monoisotopic (exact) mass is 341 g/mol. The predicted octanol–water partition coefficient (Wildman–Crippen LogP) is 3.26. The van der Waals surface area contributed by atoms with Crippen LogP contribution in [0.1, 0.15) is 31.9 Å². The summed E-state index contributed by atoms with van der Waals surface area (Å²) in [5.74, 6) is -0.0258. The zero-order chi connectivity index (χ0) is 18.1. The second kappa shape index (κ2) is 9.47. The van der Waals surface area contributed by atoms with E-state index in [-0.39, 0.29) is 18.3 Å². The molecule has 0 unspecified atom stereocenters. The van der Waals surface area contributed by atoms with E-state index in [1.54, 1.807) is 26.0 Å². The molecule has 0 bridgehead atoms. The third kappa shape index (κ3) is 5.95. The Hall–Kier alpha value is -2.82. The van der Waals surface area contributed by atoms with Crippen LogP contribution >= 0.6 is 0 Å². The van der Waals surface area contributed by atoms with Crippen LogP contribution < -0.4 is 10.1 Å².